The topological polar surface area (TPSA) is 212 Å². The summed E-state index contributed by atoms with van der Waals surface area (Å²) in [6.07, 6.45) is 7.26. The number of rotatable bonds is 5. The van der Waals surface area contributed by atoms with Gasteiger partial charge in [0.25, 0.3) is 6.33 Å². The first-order valence-electron chi connectivity index (χ1n) is 18.7. The summed E-state index contributed by atoms with van der Waals surface area (Å²) < 4.78 is 129. The Balaban J connectivity index is 0.000000221. The van der Waals surface area contributed by atoms with Gasteiger partial charge in [-0.1, -0.05) is 18.2 Å². The molecule has 4 aliphatic heterocycles. The number of halogens is 3. The van der Waals surface area contributed by atoms with E-state index in [2.05, 4.69) is 4.72 Å². The fourth-order valence-electron chi connectivity index (χ4n) is 6.88. The highest BCUT2D eigenvalue weighted by Crippen LogP contribution is 2.43. The summed E-state index contributed by atoms with van der Waals surface area (Å²) in [5, 5.41) is 0. The van der Waals surface area contributed by atoms with E-state index in [1.165, 1.54) is 12.6 Å². The summed E-state index contributed by atoms with van der Waals surface area (Å²) in [5.41, 5.74) is -6.02. The molecule has 0 bridgehead atoms. The number of benzene rings is 1. The number of carbonyl (C=O) groups is 2. The molecule has 0 atom stereocenters. The number of para-hydroxylation sites is 1. The van der Waals surface area contributed by atoms with Crippen LogP contribution < -0.4 is 9.29 Å². The van der Waals surface area contributed by atoms with Crippen LogP contribution in [0.15, 0.2) is 49.1 Å². The number of hydrogen-bond donors (Lipinski definition) is 1. The molecule has 0 radical (unpaired) electrons. The van der Waals surface area contributed by atoms with Gasteiger partial charge in [0.1, 0.15) is 23.6 Å². The third-order valence-corrected chi connectivity index (χ3v) is 13.8. The van der Waals surface area contributed by atoms with Crippen molar-refractivity contribution in [3.8, 4) is 0 Å². The van der Waals surface area contributed by atoms with E-state index in [0.29, 0.717) is 58.0 Å². The Morgan fingerprint density at radius 1 is 0.729 bits per heavy atom. The average Bonchev–Trinajstić information content (AvgIpc) is 3.51. The number of aryl methyl sites for hydroxylation is 1. The fourth-order valence-corrected chi connectivity index (χ4v) is 9.49. The van der Waals surface area contributed by atoms with Crippen molar-refractivity contribution in [1.29, 1.82) is 0 Å². The smallest absolute Gasteiger partial charge is 0.485 e. The van der Waals surface area contributed by atoms with Gasteiger partial charge in [-0.05, 0) is 79.4 Å². The van der Waals surface area contributed by atoms with Crippen molar-refractivity contribution < 1.29 is 66.6 Å². The van der Waals surface area contributed by atoms with Crippen LogP contribution in [0.4, 0.5) is 28.4 Å². The highest BCUT2D eigenvalue weighted by Gasteiger charge is 2.51. The first-order chi connectivity index (χ1) is 26.8. The second-order valence-corrected chi connectivity index (χ2v) is 22.1. The van der Waals surface area contributed by atoms with Crippen LogP contribution >= 0.6 is 0 Å². The SMILES string of the molecule is CC(C)(C)OC(=O)N1CC2(CCN(S(=O)(=O)Nc3ccccc3)CC2)C1.C[n+]1ccn(S(=O)(=O)N2CCC3(CC2)CN(C(=O)OC(C)(C)C)C3)c1.O=S(=O)([O-])C(F)(F)F. The van der Waals surface area contributed by atoms with Crippen LogP contribution in [0.1, 0.15) is 67.2 Å². The van der Waals surface area contributed by atoms with Gasteiger partial charge in [0.15, 0.2) is 10.1 Å². The predicted molar refractivity (Wildman–Crippen MR) is 207 cm³/mol. The lowest BCUT2D eigenvalue weighted by Crippen LogP contribution is -2.63. The summed E-state index contributed by atoms with van der Waals surface area (Å²) in [5.74, 6) is 0. The van der Waals surface area contributed by atoms with Gasteiger partial charge in [0, 0.05) is 68.9 Å². The molecule has 0 saturated carbocycles. The molecule has 1 aromatic heterocycles. The number of carbonyl (C=O) groups excluding carboxylic acids is 2. The van der Waals surface area contributed by atoms with Crippen LogP contribution in [0.5, 0.6) is 0 Å². The van der Waals surface area contributed by atoms with Crippen molar-refractivity contribution in [3.63, 3.8) is 0 Å². The molecule has 4 saturated heterocycles. The Labute approximate surface area is 344 Å². The summed E-state index contributed by atoms with van der Waals surface area (Å²) >= 11 is 0. The van der Waals surface area contributed by atoms with Gasteiger partial charge in [-0.15, -0.1) is 3.97 Å². The molecule has 334 valence electrons. The number of piperidine rings is 2. The maximum absolute atomic E-state index is 12.6. The van der Waals surface area contributed by atoms with Gasteiger partial charge in [-0.2, -0.15) is 38.6 Å². The molecule has 4 aliphatic rings. The minimum Gasteiger partial charge on any atom is -0.741 e. The summed E-state index contributed by atoms with van der Waals surface area (Å²) in [6.45, 7) is 15.6. The molecule has 18 nitrogen and oxygen atoms in total. The van der Waals surface area contributed by atoms with Crippen LogP contribution in [0.2, 0.25) is 0 Å². The van der Waals surface area contributed by atoms with E-state index in [0.717, 1.165) is 25.7 Å². The Bertz CT molecular complexity index is 2110. The second kappa shape index (κ2) is 17.3. The number of aromatic nitrogens is 2. The Morgan fingerprint density at radius 2 is 1.12 bits per heavy atom. The monoisotopic (exact) mass is 901 g/mol. The van der Waals surface area contributed by atoms with Crippen molar-refractivity contribution >= 4 is 48.4 Å². The molecule has 2 aromatic rings. The van der Waals surface area contributed by atoms with Crippen LogP contribution in [-0.2, 0) is 47.1 Å². The lowest BCUT2D eigenvalue weighted by Gasteiger charge is -2.53. The van der Waals surface area contributed by atoms with Crippen LogP contribution in [-0.4, -0.2) is 133 Å². The molecule has 2 amide bonds. The van der Waals surface area contributed by atoms with Gasteiger partial charge in [0.05, 0.1) is 7.05 Å². The molecular weight excluding hydrogens is 848 g/mol. The number of imidazole rings is 1. The number of hydrogen-bond acceptors (Lipinski definition) is 11. The molecule has 6 rings (SSSR count). The van der Waals surface area contributed by atoms with E-state index in [9.17, 15) is 39.6 Å². The van der Waals surface area contributed by atoms with Crippen LogP contribution in [0.3, 0.4) is 0 Å². The van der Waals surface area contributed by atoms with Crippen molar-refractivity contribution in [2.24, 2.45) is 17.9 Å². The lowest BCUT2D eigenvalue weighted by molar-refractivity contribution is -0.670. The maximum Gasteiger partial charge on any atom is 0.485 e. The quantitative estimate of drug-likeness (QED) is 0.261. The van der Waals surface area contributed by atoms with Gasteiger partial charge in [-0.3, -0.25) is 4.72 Å². The predicted octanol–water partition coefficient (Wildman–Crippen LogP) is 3.47. The van der Waals surface area contributed by atoms with Gasteiger partial charge >= 0.3 is 38.1 Å². The summed E-state index contributed by atoms with van der Waals surface area (Å²) in [7, 11) is -11.4. The minimum atomic E-state index is -6.09. The molecule has 4 fully saturated rings. The maximum atomic E-state index is 12.6. The highest BCUT2D eigenvalue weighted by atomic mass is 32.2. The van der Waals surface area contributed by atoms with E-state index in [4.69, 9.17) is 22.4 Å². The molecular formula is C35H54F3N7O11S3. The molecule has 0 aliphatic carbocycles. The summed E-state index contributed by atoms with van der Waals surface area (Å²) in [4.78, 5) is 27.6. The van der Waals surface area contributed by atoms with Gasteiger partial charge in [-0.25, -0.2) is 22.6 Å². The van der Waals surface area contributed by atoms with Crippen molar-refractivity contribution in [3.05, 3.63) is 49.1 Å². The molecule has 5 heterocycles. The first kappa shape index (κ1) is 48.0. The number of ether oxygens (including phenoxy) is 2. The number of alkyl halides is 3. The van der Waals surface area contributed by atoms with Crippen molar-refractivity contribution in [2.45, 2.75) is 83.9 Å². The number of anilines is 1. The number of nitrogens with zero attached hydrogens (tertiary/aromatic N) is 6. The first-order valence-corrected chi connectivity index (χ1v) is 22.9. The third-order valence-electron chi connectivity index (χ3n) is 9.96. The average molecular weight is 902 g/mol. The zero-order valence-corrected chi connectivity index (χ0v) is 36.6. The van der Waals surface area contributed by atoms with Crippen molar-refractivity contribution in [2.75, 3.05) is 57.1 Å². The summed E-state index contributed by atoms with van der Waals surface area (Å²) in [6, 6.07) is 8.89. The third kappa shape index (κ3) is 12.9. The second-order valence-electron chi connectivity index (χ2n) is 17.3. The molecule has 0 unspecified atom stereocenters. The van der Waals surface area contributed by atoms with E-state index < -0.39 is 47.2 Å². The van der Waals surface area contributed by atoms with Gasteiger partial charge < -0.3 is 23.8 Å². The minimum absolute atomic E-state index is 0.0235. The molecule has 24 heteroatoms. The van der Waals surface area contributed by atoms with Gasteiger partial charge in [0.2, 0.25) is 0 Å². The molecule has 1 N–H and O–H groups in total. The Hall–Kier alpha value is -3.71. The largest absolute Gasteiger partial charge is 0.741 e. The Morgan fingerprint density at radius 3 is 1.46 bits per heavy atom. The zero-order valence-electron chi connectivity index (χ0n) is 34.1. The van der Waals surface area contributed by atoms with E-state index in [-0.39, 0.29) is 23.0 Å². The number of nitrogens with one attached hydrogen (secondary N) is 1. The number of amides is 2. The van der Waals surface area contributed by atoms with E-state index in [1.54, 1.807) is 64.4 Å². The Kier molecular flexibility index (Phi) is 14.1. The number of likely N-dealkylation sites (tertiary alicyclic amines) is 2. The van der Waals surface area contributed by atoms with Crippen LogP contribution in [0.25, 0.3) is 0 Å². The standard InChI is InChI=1S/C18H27N3O4S.C16H27N4O4S.CHF3O3S/c1-17(2,3)25-16(22)20-13-18(14-20)9-11-21(12-10-18)26(23,24)19-15-7-5-4-6-8-15;1-15(2,3)24-14(21)18-11-16(12-18)5-7-19(8-6-16)25(22,23)20-10-9-17(4)13-20;2-1(3,4)8(5,6)7/h4-8,19H,9-14H2,1-3H3;9-10,13H,5-8,11-12H2,1-4H3;(H,5,6,7)/q;+1;/p-1. The van der Waals surface area contributed by atoms with Crippen molar-refractivity contribution in [1.82, 2.24) is 22.4 Å². The highest BCUT2D eigenvalue weighted by molar-refractivity contribution is 7.90. The van der Waals surface area contributed by atoms with E-state index >= 15 is 0 Å². The van der Waals surface area contributed by atoms with E-state index in [1.807, 2.05) is 47.6 Å². The molecule has 1 aromatic carbocycles. The lowest BCUT2D eigenvalue weighted by atomic mass is 9.72. The molecule has 2 spiro atoms. The normalized spacial score (nSPS) is 19.9. The fraction of sp³-hybridized carbons (Fsp3) is 0.686. The zero-order chi connectivity index (χ0) is 44.5. The van der Waals surface area contributed by atoms with Crippen LogP contribution in [0, 0.1) is 10.8 Å². The molecule has 59 heavy (non-hydrogen) atoms.